The minimum absolute atomic E-state index is 0.267. The summed E-state index contributed by atoms with van der Waals surface area (Å²) in [4.78, 5) is 0. The molecule has 0 aliphatic carbocycles. The van der Waals surface area contributed by atoms with Crippen molar-refractivity contribution in [1.29, 1.82) is 0 Å². The first kappa shape index (κ1) is 8.74. The summed E-state index contributed by atoms with van der Waals surface area (Å²) in [6.07, 6.45) is 1.08. The highest BCUT2D eigenvalue weighted by Gasteiger charge is 2.05. The van der Waals surface area contributed by atoms with Crippen LogP contribution in [0.1, 0.15) is 11.7 Å². The molecule has 1 unspecified atom stereocenters. The van der Waals surface area contributed by atoms with Gasteiger partial charge in [-0.3, -0.25) is 0 Å². The topological polar surface area (TPSA) is 41.8 Å². The lowest BCUT2D eigenvalue weighted by Crippen LogP contribution is -2.02. The van der Waals surface area contributed by atoms with Crippen LogP contribution < -0.4 is 0 Å². The maximum Gasteiger partial charge on any atom is 0.121 e. The van der Waals surface area contributed by atoms with Crippen molar-refractivity contribution in [2.24, 2.45) is 5.16 Å². The van der Waals surface area contributed by atoms with Crippen molar-refractivity contribution in [3.63, 3.8) is 0 Å². The molecule has 1 atom stereocenters. The number of nitrogens with zero attached hydrogens (tertiary/aromatic N) is 1. The van der Waals surface area contributed by atoms with Gasteiger partial charge in [-0.25, -0.2) is 0 Å². The molecule has 1 N–H and O–H groups in total. The van der Waals surface area contributed by atoms with E-state index in [1.165, 1.54) is 6.21 Å². The molecule has 3 heteroatoms. The zero-order chi connectivity index (χ0) is 8.81. The molecule has 0 fully saturated rings. The normalized spacial score (nSPS) is 13.4. The summed E-state index contributed by atoms with van der Waals surface area (Å²) < 4.78 is 5.07. The average molecular weight is 165 g/mol. The van der Waals surface area contributed by atoms with Crippen LogP contribution in [-0.4, -0.2) is 18.5 Å². The third-order valence-electron chi connectivity index (χ3n) is 1.58. The number of ether oxygens (including phenoxy) is 1. The summed E-state index contributed by atoms with van der Waals surface area (Å²) in [5.74, 6) is 0. The lowest BCUT2D eigenvalue weighted by molar-refractivity contribution is 0.158. The lowest BCUT2D eigenvalue weighted by Gasteiger charge is -2.08. The number of hydrogen-bond donors (Lipinski definition) is 1. The zero-order valence-electron chi connectivity index (χ0n) is 6.84. The molecule has 3 nitrogen and oxygen atoms in total. The Balaban J connectivity index is 2.80. The Morgan fingerprint density at radius 1 is 1.42 bits per heavy atom. The van der Waals surface area contributed by atoms with Gasteiger partial charge in [0.1, 0.15) is 6.10 Å². The fraction of sp³-hybridized carbons (Fsp3) is 0.222. The zero-order valence-corrected chi connectivity index (χ0v) is 6.84. The van der Waals surface area contributed by atoms with Crippen molar-refractivity contribution in [2.45, 2.75) is 6.10 Å². The number of oxime groups is 1. The summed E-state index contributed by atoms with van der Waals surface area (Å²) in [5, 5.41) is 11.3. The molecule has 1 aromatic rings. The molecular weight excluding hydrogens is 154 g/mol. The molecule has 12 heavy (non-hydrogen) atoms. The van der Waals surface area contributed by atoms with Crippen molar-refractivity contribution < 1.29 is 9.94 Å². The van der Waals surface area contributed by atoms with Gasteiger partial charge in [0.25, 0.3) is 0 Å². The van der Waals surface area contributed by atoms with E-state index in [2.05, 4.69) is 5.16 Å². The fourth-order valence-corrected chi connectivity index (χ4v) is 0.986. The highest BCUT2D eigenvalue weighted by Crippen LogP contribution is 2.12. The van der Waals surface area contributed by atoms with Crippen LogP contribution in [0, 0.1) is 0 Å². The Bertz CT molecular complexity index is 246. The summed E-state index contributed by atoms with van der Waals surface area (Å²) >= 11 is 0. The maximum absolute atomic E-state index is 8.32. The van der Waals surface area contributed by atoms with Gasteiger partial charge in [0, 0.05) is 7.11 Å². The van der Waals surface area contributed by atoms with Crippen LogP contribution in [0.2, 0.25) is 0 Å². The Morgan fingerprint density at radius 3 is 2.58 bits per heavy atom. The SMILES string of the molecule is COC(/C=N/O)c1ccccc1. The van der Waals surface area contributed by atoms with Crippen molar-refractivity contribution in [3.8, 4) is 0 Å². The standard InChI is InChI=1S/C9H11NO2/c1-12-9(7-10-11)8-5-3-2-4-6-8/h2-7,9,11H,1H3/b10-7+. The van der Waals surface area contributed by atoms with Crippen molar-refractivity contribution in [1.82, 2.24) is 0 Å². The highest BCUT2D eigenvalue weighted by molar-refractivity contribution is 5.65. The van der Waals surface area contributed by atoms with Crippen LogP contribution in [0.3, 0.4) is 0 Å². The molecule has 0 spiro atoms. The van der Waals surface area contributed by atoms with Crippen LogP contribution in [0.15, 0.2) is 35.5 Å². The predicted molar refractivity (Wildman–Crippen MR) is 46.5 cm³/mol. The van der Waals surface area contributed by atoms with Gasteiger partial charge >= 0.3 is 0 Å². The monoisotopic (exact) mass is 165 g/mol. The minimum Gasteiger partial charge on any atom is -0.411 e. The third-order valence-corrected chi connectivity index (χ3v) is 1.58. The van der Waals surface area contributed by atoms with E-state index in [0.29, 0.717) is 0 Å². The number of methoxy groups -OCH3 is 1. The first-order chi connectivity index (χ1) is 5.88. The molecule has 1 rings (SSSR count). The van der Waals surface area contributed by atoms with Gasteiger partial charge in [0.15, 0.2) is 0 Å². The van der Waals surface area contributed by atoms with E-state index in [1.54, 1.807) is 7.11 Å². The number of benzene rings is 1. The minimum atomic E-state index is -0.267. The summed E-state index contributed by atoms with van der Waals surface area (Å²) in [6.45, 7) is 0. The molecule has 0 saturated heterocycles. The van der Waals surface area contributed by atoms with E-state index in [1.807, 2.05) is 30.3 Å². The quantitative estimate of drug-likeness (QED) is 0.422. The lowest BCUT2D eigenvalue weighted by atomic mass is 10.1. The Labute approximate surface area is 71.3 Å². The van der Waals surface area contributed by atoms with E-state index in [9.17, 15) is 0 Å². The van der Waals surface area contributed by atoms with Gasteiger partial charge in [-0.05, 0) is 5.56 Å². The van der Waals surface area contributed by atoms with Gasteiger partial charge in [-0.15, -0.1) is 0 Å². The Morgan fingerprint density at radius 2 is 2.08 bits per heavy atom. The Hall–Kier alpha value is -1.35. The van der Waals surface area contributed by atoms with E-state index in [0.717, 1.165) is 5.56 Å². The van der Waals surface area contributed by atoms with E-state index >= 15 is 0 Å². The van der Waals surface area contributed by atoms with Crippen LogP contribution in [0.25, 0.3) is 0 Å². The Kier molecular flexibility index (Phi) is 3.29. The second-order valence-electron chi connectivity index (χ2n) is 2.33. The highest BCUT2D eigenvalue weighted by atomic mass is 16.5. The molecule has 64 valence electrons. The molecule has 0 bridgehead atoms. The van der Waals surface area contributed by atoms with Gasteiger partial charge in [-0.1, -0.05) is 35.5 Å². The van der Waals surface area contributed by atoms with E-state index < -0.39 is 0 Å². The smallest absolute Gasteiger partial charge is 0.121 e. The fourth-order valence-electron chi connectivity index (χ4n) is 0.986. The molecule has 0 aromatic heterocycles. The molecule has 0 radical (unpaired) electrons. The second kappa shape index (κ2) is 4.51. The average Bonchev–Trinajstić information content (AvgIpc) is 2.15. The van der Waals surface area contributed by atoms with Crippen molar-refractivity contribution in [2.75, 3.05) is 7.11 Å². The molecule has 0 amide bonds. The van der Waals surface area contributed by atoms with Gasteiger partial charge < -0.3 is 9.94 Å². The van der Waals surface area contributed by atoms with Crippen LogP contribution in [-0.2, 0) is 4.74 Å². The van der Waals surface area contributed by atoms with Crippen molar-refractivity contribution >= 4 is 6.21 Å². The first-order valence-corrected chi connectivity index (χ1v) is 3.63. The molecule has 0 aliphatic rings. The summed E-state index contributed by atoms with van der Waals surface area (Å²) in [5.41, 5.74) is 0.970. The third kappa shape index (κ3) is 2.07. The molecule has 1 aromatic carbocycles. The predicted octanol–water partition coefficient (Wildman–Crippen LogP) is 1.83. The largest absolute Gasteiger partial charge is 0.411 e. The van der Waals surface area contributed by atoms with Crippen LogP contribution in [0.5, 0.6) is 0 Å². The van der Waals surface area contributed by atoms with Gasteiger partial charge in [0.2, 0.25) is 0 Å². The molecular formula is C9H11NO2. The van der Waals surface area contributed by atoms with Crippen LogP contribution in [0.4, 0.5) is 0 Å². The molecule has 0 saturated carbocycles. The first-order valence-electron chi connectivity index (χ1n) is 3.63. The van der Waals surface area contributed by atoms with Crippen LogP contribution >= 0.6 is 0 Å². The maximum atomic E-state index is 8.32. The number of hydrogen-bond acceptors (Lipinski definition) is 3. The van der Waals surface area contributed by atoms with Crippen molar-refractivity contribution in [3.05, 3.63) is 35.9 Å². The van der Waals surface area contributed by atoms with E-state index in [4.69, 9.17) is 9.94 Å². The van der Waals surface area contributed by atoms with Gasteiger partial charge in [-0.2, -0.15) is 0 Å². The summed E-state index contributed by atoms with van der Waals surface area (Å²) in [7, 11) is 1.57. The number of rotatable bonds is 3. The van der Waals surface area contributed by atoms with E-state index in [-0.39, 0.29) is 6.10 Å². The molecule has 0 heterocycles. The summed E-state index contributed by atoms with van der Waals surface area (Å²) in [6, 6.07) is 9.57. The van der Waals surface area contributed by atoms with Gasteiger partial charge in [0.05, 0.1) is 6.21 Å². The molecule has 0 aliphatic heterocycles. The second-order valence-corrected chi connectivity index (χ2v) is 2.33.